The van der Waals surface area contributed by atoms with Gasteiger partial charge in [0.15, 0.2) is 5.13 Å². The first kappa shape index (κ1) is 23.6. The second-order valence-corrected chi connectivity index (χ2v) is 11.1. The zero-order valence-corrected chi connectivity index (χ0v) is 21.6. The number of nitrogens with zero attached hydrogens (tertiary/aromatic N) is 6. The topological polar surface area (TPSA) is 80.6 Å². The van der Waals surface area contributed by atoms with E-state index >= 15 is 0 Å². The van der Waals surface area contributed by atoms with E-state index in [0.29, 0.717) is 5.56 Å². The van der Waals surface area contributed by atoms with Gasteiger partial charge in [-0.15, -0.1) is 11.3 Å². The summed E-state index contributed by atoms with van der Waals surface area (Å²) in [5.41, 5.74) is 3.84. The van der Waals surface area contributed by atoms with Crippen molar-refractivity contribution in [2.24, 2.45) is 0 Å². The molecule has 9 heteroatoms. The summed E-state index contributed by atoms with van der Waals surface area (Å²) in [6.45, 7) is 11.0. The summed E-state index contributed by atoms with van der Waals surface area (Å²) in [5.74, 6) is 0. The predicted octanol–water partition coefficient (Wildman–Crippen LogP) is 3.01. The highest BCUT2D eigenvalue weighted by molar-refractivity contribution is 7.15. The molecule has 1 N–H and O–H groups in total. The SMILES string of the molecule is CC1CN(c2ccc(C#N)c3ncccc23)CC(CN2CCCN(c3nc4c(s3)CNCC4)CC2)O1. The highest BCUT2D eigenvalue weighted by atomic mass is 32.1. The molecule has 3 aliphatic rings. The Labute approximate surface area is 216 Å². The van der Waals surface area contributed by atoms with Crippen molar-refractivity contribution in [3.8, 4) is 6.07 Å². The van der Waals surface area contributed by atoms with Crippen LogP contribution in [0.15, 0.2) is 30.5 Å². The van der Waals surface area contributed by atoms with E-state index in [4.69, 9.17) is 9.72 Å². The fraction of sp³-hybridized carbons (Fsp3) is 0.519. The van der Waals surface area contributed by atoms with E-state index in [9.17, 15) is 5.26 Å². The molecule has 5 heterocycles. The van der Waals surface area contributed by atoms with Crippen molar-refractivity contribution in [2.75, 3.05) is 62.2 Å². The fourth-order valence-corrected chi connectivity index (χ4v) is 6.87. The average Bonchev–Trinajstić information content (AvgIpc) is 3.20. The van der Waals surface area contributed by atoms with Gasteiger partial charge in [0.1, 0.15) is 6.07 Å². The second-order valence-electron chi connectivity index (χ2n) is 10.1. The molecule has 0 spiro atoms. The first-order chi connectivity index (χ1) is 17.7. The van der Waals surface area contributed by atoms with Crippen LogP contribution in [0.2, 0.25) is 0 Å². The highest BCUT2D eigenvalue weighted by Crippen LogP contribution is 2.31. The molecule has 3 aromatic rings. The molecule has 0 radical (unpaired) electrons. The lowest BCUT2D eigenvalue weighted by Gasteiger charge is -2.40. The molecule has 0 aliphatic carbocycles. The van der Waals surface area contributed by atoms with Crippen molar-refractivity contribution in [3.05, 3.63) is 46.6 Å². The van der Waals surface area contributed by atoms with Gasteiger partial charge in [-0.3, -0.25) is 9.88 Å². The summed E-state index contributed by atoms with van der Waals surface area (Å²) in [6.07, 6.45) is 4.23. The number of ether oxygens (including phenoxy) is 1. The minimum Gasteiger partial charge on any atom is -0.370 e. The van der Waals surface area contributed by atoms with Gasteiger partial charge in [0.2, 0.25) is 0 Å². The van der Waals surface area contributed by atoms with E-state index in [1.165, 1.54) is 15.7 Å². The van der Waals surface area contributed by atoms with Gasteiger partial charge in [0, 0.05) is 80.9 Å². The second kappa shape index (κ2) is 10.3. The number of rotatable bonds is 4. The van der Waals surface area contributed by atoms with Gasteiger partial charge in [-0.25, -0.2) is 4.98 Å². The van der Waals surface area contributed by atoms with Crippen LogP contribution < -0.4 is 15.1 Å². The van der Waals surface area contributed by atoms with Crippen LogP contribution in [0.1, 0.15) is 29.5 Å². The minimum absolute atomic E-state index is 0.140. The van der Waals surface area contributed by atoms with Crippen LogP contribution in [-0.4, -0.2) is 79.4 Å². The van der Waals surface area contributed by atoms with Gasteiger partial charge in [-0.2, -0.15) is 5.26 Å². The van der Waals surface area contributed by atoms with E-state index in [1.54, 1.807) is 6.20 Å². The molecule has 0 bridgehead atoms. The van der Waals surface area contributed by atoms with E-state index in [-0.39, 0.29) is 12.2 Å². The van der Waals surface area contributed by atoms with Crippen molar-refractivity contribution in [1.82, 2.24) is 20.2 Å². The third-order valence-corrected chi connectivity index (χ3v) is 8.60. The van der Waals surface area contributed by atoms with Gasteiger partial charge in [-0.1, -0.05) is 0 Å². The molecule has 0 saturated carbocycles. The van der Waals surface area contributed by atoms with Crippen LogP contribution in [0.3, 0.4) is 0 Å². The molecular weight excluding hydrogens is 470 g/mol. The number of pyridine rings is 1. The zero-order chi connectivity index (χ0) is 24.5. The molecule has 36 heavy (non-hydrogen) atoms. The number of fused-ring (bicyclic) bond motifs is 2. The van der Waals surface area contributed by atoms with Gasteiger partial charge >= 0.3 is 0 Å². The lowest BCUT2D eigenvalue weighted by Crippen LogP contribution is -2.51. The minimum atomic E-state index is 0.140. The molecule has 6 rings (SSSR count). The Hall–Kier alpha value is -2.77. The van der Waals surface area contributed by atoms with E-state index < -0.39 is 0 Å². The number of anilines is 2. The summed E-state index contributed by atoms with van der Waals surface area (Å²) < 4.78 is 6.42. The van der Waals surface area contributed by atoms with Gasteiger partial charge in [-0.05, 0) is 44.2 Å². The third kappa shape index (κ3) is 4.78. The van der Waals surface area contributed by atoms with Crippen molar-refractivity contribution in [2.45, 2.75) is 38.5 Å². The van der Waals surface area contributed by atoms with Gasteiger partial charge < -0.3 is 19.9 Å². The summed E-state index contributed by atoms with van der Waals surface area (Å²) in [5, 5.41) is 15.2. The summed E-state index contributed by atoms with van der Waals surface area (Å²) in [7, 11) is 0. The quantitative estimate of drug-likeness (QED) is 0.582. The molecule has 2 unspecified atom stereocenters. The fourth-order valence-electron chi connectivity index (χ4n) is 5.75. The van der Waals surface area contributed by atoms with Gasteiger partial charge in [0.25, 0.3) is 0 Å². The number of benzene rings is 1. The standard InChI is InChI=1S/C27H33N7OS/c1-19-16-34(24-6-5-20(14-28)26-22(24)4-2-8-30-26)18-21(35-19)17-32-10-3-11-33(13-12-32)27-31-23-7-9-29-15-25(23)36-27/h2,4-6,8,19,21,29H,3,7,9-13,15-18H2,1H3. The maximum absolute atomic E-state index is 9.52. The van der Waals surface area contributed by atoms with E-state index in [0.717, 1.165) is 88.3 Å². The van der Waals surface area contributed by atoms with Gasteiger partial charge in [0.05, 0.1) is 29.0 Å². The Morgan fingerprint density at radius 3 is 3.00 bits per heavy atom. The smallest absolute Gasteiger partial charge is 0.185 e. The Morgan fingerprint density at radius 1 is 1.17 bits per heavy atom. The van der Waals surface area contributed by atoms with Crippen LogP contribution in [0.25, 0.3) is 10.9 Å². The monoisotopic (exact) mass is 503 g/mol. The van der Waals surface area contributed by atoms with Crippen LogP contribution in [0.4, 0.5) is 10.8 Å². The summed E-state index contributed by atoms with van der Waals surface area (Å²) >= 11 is 1.87. The molecule has 188 valence electrons. The molecule has 2 atom stereocenters. The summed E-state index contributed by atoms with van der Waals surface area (Å²) in [4.78, 5) is 18.4. The molecule has 0 amide bonds. The molecule has 2 saturated heterocycles. The Balaban J connectivity index is 1.13. The number of hydrogen-bond acceptors (Lipinski definition) is 9. The van der Waals surface area contributed by atoms with Crippen molar-refractivity contribution in [3.63, 3.8) is 0 Å². The largest absolute Gasteiger partial charge is 0.370 e. The van der Waals surface area contributed by atoms with Crippen molar-refractivity contribution >= 4 is 33.1 Å². The summed E-state index contributed by atoms with van der Waals surface area (Å²) in [6, 6.07) is 10.3. The Bertz CT molecular complexity index is 1250. The van der Waals surface area contributed by atoms with Crippen LogP contribution >= 0.6 is 11.3 Å². The number of aromatic nitrogens is 2. The molecular formula is C27H33N7OS. The molecule has 2 aromatic heterocycles. The molecule has 1 aromatic carbocycles. The van der Waals surface area contributed by atoms with Crippen LogP contribution in [-0.2, 0) is 17.7 Å². The van der Waals surface area contributed by atoms with E-state index in [1.807, 2.05) is 23.5 Å². The number of nitriles is 1. The first-order valence-electron chi connectivity index (χ1n) is 13.0. The van der Waals surface area contributed by atoms with E-state index in [2.05, 4.69) is 50.1 Å². The lowest BCUT2D eigenvalue weighted by molar-refractivity contribution is -0.0313. The molecule has 3 aliphatic heterocycles. The van der Waals surface area contributed by atoms with Crippen LogP contribution in [0.5, 0.6) is 0 Å². The number of nitrogens with one attached hydrogen (secondary N) is 1. The Kier molecular flexibility index (Phi) is 6.76. The predicted molar refractivity (Wildman–Crippen MR) is 144 cm³/mol. The third-order valence-electron chi connectivity index (χ3n) is 7.45. The van der Waals surface area contributed by atoms with Crippen LogP contribution in [0, 0.1) is 11.3 Å². The Morgan fingerprint density at radius 2 is 2.11 bits per heavy atom. The first-order valence-corrected chi connectivity index (χ1v) is 13.8. The molecule has 2 fully saturated rings. The average molecular weight is 504 g/mol. The lowest BCUT2D eigenvalue weighted by atomic mass is 10.1. The number of thiazole rings is 1. The zero-order valence-electron chi connectivity index (χ0n) is 20.8. The van der Waals surface area contributed by atoms with Crippen molar-refractivity contribution < 1.29 is 4.74 Å². The number of morpholine rings is 1. The normalized spacial score (nSPS) is 23.3. The number of hydrogen-bond donors (Lipinski definition) is 1. The maximum Gasteiger partial charge on any atom is 0.185 e. The molecule has 8 nitrogen and oxygen atoms in total. The highest BCUT2D eigenvalue weighted by Gasteiger charge is 2.29. The maximum atomic E-state index is 9.52. The van der Waals surface area contributed by atoms with Crippen molar-refractivity contribution in [1.29, 1.82) is 5.26 Å².